The highest BCUT2D eigenvalue weighted by Crippen LogP contribution is 2.29. The summed E-state index contributed by atoms with van der Waals surface area (Å²) in [7, 11) is 0. The molecule has 0 bridgehead atoms. The second-order valence-corrected chi connectivity index (χ2v) is 6.51. The minimum Gasteiger partial charge on any atom is -0.348 e. The van der Waals surface area contributed by atoms with Gasteiger partial charge in [-0.3, -0.25) is 0 Å². The highest BCUT2D eigenvalue weighted by atomic mass is 35.5. The van der Waals surface area contributed by atoms with Crippen molar-refractivity contribution < 1.29 is 0 Å². The van der Waals surface area contributed by atoms with Gasteiger partial charge in [-0.2, -0.15) is 10.1 Å². The molecular weight excluding hydrogens is 286 g/mol. The fraction of sp³-hybridized carbons (Fsp3) is 0.400. The molecule has 2 aromatic rings. The average Bonchev–Trinajstić information content (AvgIpc) is 2.32. The minimum absolute atomic E-state index is 0.127. The lowest BCUT2D eigenvalue weighted by molar-refractivity contribution is 0.623. The maximum Gasteiger partial charge on any atom is 0.245 e. The van der Waals surface area contributed by atoms with Crippen LogP contribution < -0.4 is 10.6 Å². The van der Waals surface area contributed by atoms with Crippen molar-refractivity contribution in [3.05, 3.63) is 34.5 Å². The van der Waals surface area contributed by atoms with Crippen LogP contribution in [0.1, 0.15) is 31.9 Å². The van der Waals surface area contributed by atoms with Crippen LogP contribution in [-0.2, 0) is 0 Å². The van der Waals surface area contributed by atoms with Crippen LogP contribution in [0.2, 0.25) is 5.02 Å². The summed E-state index contributed by atoms with van der Waals surface area (Å²) in [6, 6.07) is 3.98. The molecule has 21 heavy (non-hydrogen) atoms. The molecule has 1 aromatic carbocycles. The number of nitrogens with one attached hydrogen (secondary N) is 2. The van der Waals surface area contributed by atoms with Gasteiger partial charge in [0, 0.05) is 5.54 Å². The number of aromatic nitrogens is 3. The summed E-state index contributed by atoms with van der Waals surface area (Å²) in [5.74, 6) is 1.08. The van der Waals surface area contributed by atoms with Crippen LogP contribution in [0.25, 0.3) is 0 Å². The molecule has 0 amide bonds. The van der Waals surface area contributed by atoms with E-state index < -0.39 is 0 Å². The molecule has 0 unspecified atom stereocenters. The lowest BCUT2D eigenvalue weighted by Crippen LogP contribution is -2.27. The van der Waals surface area contributed by atoms with E-state index in [9.17, 15) is 0 Å². The van der Waals surface area contributed by atoms with Crippen LogP contribution in [0.3, 0.4) is 0 Å². The number of aryl methyl sites for hydroxylation is 2. The molecule has 0 fully saturated rings. The maximum atomic E-state index is 6.29. The van der Waals surface area contributed by atoms with E-state index in [4.69, 9.17) is 11.6 Å². The summed E-state index contributed by atoms with van der Waals surface area (Å²) in [6.45, 7) is 10.1. The third-order valence-corrected chi connectivity index (χ3v) is 3.03. The van der Waals surface area contributed by atoms with Gasteiger partial charge in [-0.1, -0.05) is 17.7 Å². The van der Waals surface area contributed by atoms with Gasteiger partial charge in [0.25, 0.3) is 0 Å². The summed E-state index contributed by atoms with van der Waals surface area (Å²) >= 11 is 6.29. The Labute approximate surface area is 130 Å². The molecule has 0 spiro atoms. The average molecular weight is 306 g/mol. The van der Waals surface area contributed by atoms with Crippen LogP contribution >= 0.6 is 11.6 Å². The first-order valence-corrected chi connectivity index (χ1v) is 7.14. The highest BCUT2D eigenvalue weighted by Gasteiger charge is 2.13. The van der Waals surface area contributed by atoms with E-state index in [-0.39, 0.29) is 5.54 Å². The zero-order chi connectivity index (χ0) is 15.6. The first-order valence-electron chi connectivity index (χ1n) is 6.76. The largest absolute Gasteiger partial charge is 0.348 e. The highest BCUT2D eigenvalue weighted by molar-refractivity contribution is 6.33. The summed E-state index contributed by atoms with van der Waals surface area (Å²) in [6.07, 6.45) is 1.57. The second-order valence-electron chi connectivity index (χ2n) is 6.10. The van der Waals surface area contributed by atoms with E-state index in [1.54, 1.807) is 6.20 Å². The van der Waals surface area contributed by atoms with E-state index in [0.29, 0.717) is 16.8 Å². The standard InChI is InChI=1S/C15H20ClN5/c1-9-6-10(2)13(11(16)7-9)18-12-8-17-21-14(19-12)20-15(3,4)5/h6-8H,1-5H3,(H2,18,19,20,21). The number of halogens is 1. The fourth-order valence-corrected chi connectivity index (χ4v) is 2.32. The van der Waals surface area contributed by atoms with E-state index in [1.807, 2.05) is 40.7 Å². The Hall–Kier alpha value is -1.88. The van der Waals surface area contributed by atoms with Gasteiger partial charge < -0.3 is 10.6 Å². The Morgan fingerprint density at radius 2 is 1.86 bits per heavy atom. The van der Waals surface area contributed by atoms with Gasteiger partial charge in [-0.15, -0.1) is 5.10 Å². The molecule has 2 N–H and O–H groups in total. The Balaban J connectivity index is 2.27. The van der Waals surface area contributed by atoms with Crippen molar-refractivity contribution in [2.45, 2.75) is 40.2 Å². The number of nitrogens with zero attached hydrogens (tertiary/aromatic N) is 3. The molecule has 5 nitrogen and oxygen atoms in total. The molecule has 0 aliphatic rings. The van der Waals surface area contributed by atoms with Crippen molar-refractivity contribution in [2.24, 2.45) is 0 Å². The SMILES string of the molecule is Cc1cc(C)c(Nc2cnnc(NC(C)(C)C)n2)c(Cl)c1. The Morgan fingerprint density at radius 1 is 1.14 bits per heavy atom. The van der Waals surface area contributed by atoms with Gasteiger partial charge in [0.15, 0.2) is 5.82 Å². The maximum absolute atomic E-state index is 6.29. The van der Waals surface area contributed by atoms with Gasteiger partial charge >= 0.3 is 0 Å². The third kappa shape index (κ3) is 4.29. The van der Waals surface area contributed by atoms with Crippen molar-refractivity contribution >= 4 is 29.1 Å². The number of benzene rings is 1. The Bertz CT molecular complexity index is 626. The zero-order valence-electron chi connectivity index (χ0n) is 13.0. The first kappa shape index (κ1) is 15.5. The molecule has 1 aromatic heterocycles. The lowest BCUT2D eigenvalue weighted by Gasteiger charge is -2.20. The van der Waals surface area contributed by atoms with E-state index in [2.05, 4.69) is 31.9 Å². The molecule has 2 rings (SSSR count). The third-order valence-electron chi connectivity index (χ3n) is 2.73. The van der Waals surface area contributed by atoms with Crippen molar-refractivity contribution in [1.82, 2.24) is 15.2 Å². The van der Waals surface area contributed by atoms with Crippen LogP contribution in [-0.4, -0.2) is 20.7 Å². The predicted molar refractivity (Wildman–Crippen MR) is 87.4 cm³/mol. The van der Waals surface area contributed by atoms with Gasteiger partial charge in [0.05, 0.1) is 16.9 Å². The Kier molecular flexibility index (Phi) is 4.32. The van der Waals surface area contributed by atoms with Crippen LogP contribution in [0, 0.1) is 13.8 Å². The van der Waals surface area contributed by atoms with Crippen LogP contribution in [0.15, 0.2) is 18.3 Å². The minimum atomic E-state index is -0.127. The molecule has 0 atom stereocenters. The molecule has 0 aliphatic carbocycles. The van der Waals surface area contributed by atoms with Crippen LogP contribution in [0.5, 0.6) is 0 Å². The fourth-order valence-electron chi connectivity index (χ4n) is 1.95. The van der Waals surface area contributed by atoms with Gasteiger partial charge in [-0.05, 0) is 51.8 Å². The smallest absolute Gasteiger partial charge is 0.245 e. The summed E-state index contributed by atoms with van der Waals surface area (Å²) in [5.41, 5.74) is 2.89. The normalized spacial score (nSPS) is 11.3. The molecule has 0 saturated carbocycles. The molecule has 112 valence electrons. The topological polar surface area (TPSA) is 62.7 Å². The van der Waals surface area contributed by atoms with Gasteiger partial charge in [-0.25, -0.2) is 0 Å². The molecule has 0 aliphatic heterocycles. The summed E-state index contributed by atoms with van der Waals surface area (Å²) < 4.78 is 0. The monoisotopic (exact) mass is 305 g/mol. The molecule has 6 heteroatoms. The van der Waals surface area contributed by atoms with E-state index in [1.165, 1.54) is 0 Å². The molecule has 1 heterocycles. The van der Waals surface area contributed by atoms with Gasteiger partial charge in [0.2, 0.25) is 5.95 Å². The Morgan fingerprint density at radius 3 is 2.48 bits per heavy atom. The molecule has 0 saturated heterocycles. The van der Waals surface area contributed by atoms with Gasteiger partial charge in [0.1, 0.15) is 0 Å². The summed E-state index contributed by atoms with van der Waals surface area (Å²) in [5, 5.41) is 15.0. The number of hydrogen-bond donors (Lipinski definition) is 2. The van der Waals surface area contributed by atoms with E-state index in [0.717, 1.165) is 16.8 Å². The van der Waals surface area contributed by atoms with Crippen LogP contribution in [0.4, 0.5) is 17.5 Å². The van der Waals surface area contributed by atoms with Crippen molar-refractivity contribution in [3.63, 3.8) is 0 Å². The summed E-state index contributed by atoms with van der Waals surface area (Å²) in [4.78, 5) is 4.40. The van der Waals surface area contributed by atoms with E-state index >= 15 is 0 Å². The molecule has 0 radical (unpaired) electrons. The zero-order valence-corrected chi connectivity index (χ0v) is 13.7. The lowest BCUT2D eigenvalue weighted by atomic mass is 10.1. The van der Waals surface area contributed by atoms with Crippen molar-refractivity contribution in [3.8, 4) is 0 Å². The predicted octanol–water partition coefficient (Wildman–Crippen LogP) is 4.10. The quantitative estimate of drug-likeness (QED) is 0.894. The number of rotatable bonds is 3. The van der Waals surface area contributed by atoms with Crippen molar-refractivity contribution in [2.75, 3.05) is 10.6 Å². The second kappa shape index (κ2) is 5.85. The number of anilines is 3. The molecular formula is C15H20ClN5. The van der Waals surface area contributed by atoms with Crippen molar-refractivity contribution in [1.29, 1.82) is 0 Å². The number of hydrogen-bond acceptors (Lipinski definition) is 5. The first-order chi connectivity index (χ1) is 9.74.